The summed E-state index contributed by atoms with van der Waals surface area (Å²) in [4.78, 5) is 72.9. The lowest BCUT2D eigenvalue weighted by atomic mass is 10.0. The zero-order chi connectivity index (χ0) is 71.8. The maximum Gasteiger partial charge on any atom is 0.472 e. The van der Waals surface area contributed by atoms with Crippen LogP contribution in [0.15, 0.2) is 48.6 Å². The molecule has 5 atom stereocenters. The summed E-state index contributed by atoms with van der Waals surface area (Å²) in [7, 11) is -9.94. The van der Waals surface area contributed by atoms with E-state index in [1.54, 1.807) is 0 Å². The van der Waals surface area contributed by atoms with Gasteiger partial charge < -0.3 is 33.8 Å². The van der Waals surface area contributed by atoms with Crippen molar-refractivity contribution in [2.45, 2.75) is 393 Å². The predicted molar refractivity (Wildman–Crippen MR) is 400 cm³/mol. The fraction of sp³-hybridized carbons (Fsp3) is 0.848. The highest BCUT2D eigenvalue weighted by molar-refractivity contribution is 7.47. The van der Waals surface area contributed by atoms with Gasteiger partial charge in [0.2, 0.25) is 0 Å². The number of aliphatic hydroxyl groups excluding tert-OH is 1. The Morgan fingerprint density at radius 2 is 0.500 bits per heavy atom. The smallest absolute Gasteiger partial charge is 0.462 e. The van der Waals surface area contributed by atoms with Crippen molar-refractivity contribution in [3.8, 4) is 0 Å². The van der Waals surface area contributed by atoms with Gasteiger partial charge >= 0.3 is 39.5 Å². The fourth-order valence-corrected chi connectivity index (χ4v) is 12.7. The highest BCUT2D eigenvalue weighted by Gasteiger charge is 2.30. The van der Waals surface area contributed by atoms with Gasteiger partial charge in [0.05, 0.1) is 26.4 Å². The van der Waals surface area contributed by atoms with Gasteiger partial charge in [0.25, 0.3) is 0 Å². The number of ether oxygens (including phenoxy) is 4. The van der Waals surface area contributed by atoms with Crippen LogP contribution in [0.3, 0.4) is 0 Å². The molecule has 0 heterocycles. The number of hydrogen-bond donors (Lipinski definition) is 3. The molecule has 0 saturated heterocycles. The molecule has 0 bridgehead atoms. The molecule has 3 N–H and O–H groups in total. The highest BCUT2D eigenvalue weighted by Crippen LogP contribution is 2.45. The summed E-state index contributed by atoms with van der Waals surface area (Å²) in [6.45, 7) is 4.88. The molecule has 0 aliphatic carbocycles. The molecular formula is C79H146O17P2. The maximum atomic E-state index is 13.1. The molecule has 3 unspecified atom stereocenters. The van der Waals surface area contributed by atoms with Gasteiger partial charge in [-0.25, -0.2) is 9.13 Å². The summed E-state index contributed by atoms with van der Waals surface area (Å²) in [6, 6.07) is 0. The van der Waals surface area contributed by atoms with Gasteiger partial charge in [-0.1, -0.05) is 288 Å². The molecule has 574 valence electrons. The van der Waals surface area contributed by atoms with Crippen molar-refractivity contribution in [2.24, 2.45) is 0 Å². The summed E-state index contributed by atoms with van der Waals surface area (Å²) in [5.74, 6) is -2.17. The van der Waals surface area contributed by atoms with Crippen molar-refractivity contribution in [1.29, 1.82) is 0 Å². The van der Waals surface area contributed by atoms with E-state index in [1.165, 1.54) is 135 Å². The standard InChI is InChI=1S/C79H146O17P2/c1-5-9-13-17-21-25-29-33-36-40-43-47-51-55-59-63-76(81)89-69-74(95-78(83)65-61-57-53-49-45-39-32-28-24-20-16-12-8-4)71-93-97(85,86)91-67-73(80)68-92-98(87,88)94-72-75(96-79(84)66-62-58-54-50-46-42-38-35-31-27-23-19-15-11-7-3)70-90-77(82)64-60-56-52-48-44-41-37-34-30-26-22-18-14-10-6-2/h22,26-27,31,33-34,36-37,73-75,80H,5-21,23-25,28-30,32,35,38-72H2,1-4H3,(H,85,86)(H,87,88)/t73?,74-,75-/m1/s1. The van der Waals surface area contributed by atoms with Crippen LogP contribution in [-0.2, 0) is 65.4 Å². The number of allylic oxidation sites excluding steroid dienone is 8. The molecule has 0 rings (SSSR count). The molecule has 0 aromatic rings. The molecule has 0 aromatic carbocycles. The summed E-state index contributed by atoms with van der Waals surface area (Å²) >= 11 is 0. The lowest BCUT2D eigenvalue weighted by Gasteiger charge is -2.21. The maximum absolute atomic E-state index is 13.1. The van der Waals surface area contributed by atoms with Gasteiger partial charge in [0.15, 0.2) is 12.2 Å². The van der Waals surface area contributed by atoms with Crippen LogP contribution in [0, 0.1) is 0 Å². The Hall–Kier alpha value is -2.98. The number of aliphatic hydroxyl groups is 1. The topological polar surface area (TPSA) is 237 Å². The van der Waals surface area contributed by atoms with Gasteiger partial charge in [-0.15, -0.1) is 0 Å². The third kappa shape index (κ3) is 71.4. The lowest BCUT2D eigenvalue weighted by molar-refractivity contribution is -0.161. The molecule has 0 fully saturated rings. The van der Waals surface area contributed by atoms with E-state index in [0.29, 0.717) is 25.7 Å². The van der Waals surface area contributed by atoms with Gasteiger partial charge in [-0.2, -0.15) is 0 Å². The fourth-order valence-electron chi connectivity index (χ4n) is 11.1. The van der Waals surface area contributed by atoms with Crippen molar-refractivity contribution >= 4 is 39.5 Å². The van der Waals surface area contributed by atoms with E-state index in [-0.39, 0.29) is 25.7 Å². The predicted octanol–water partition coefficient (Wildman–Crippen LogP) is 22.9. The van der Waals surface area contributed by atoms with Gasteiger partial charge in [-0.05, 0) is 109 Å². The van der Waals surface area contributed by atoms with Crippen LogP contribution in [0.25, 0.3) is 0 Å². The van der Waals surface area contributed by atoms with E-state index in [1.807, 2.05) is 0 Å². The third-order valence-corrected chi connectivity index (χ3v) is 19.2. The van der Waals surface area contributed by atoms with Crippen LogP contribution in [0.2, 0.25) is 0 Å². The van der Waals surface area contributed by atoms with E-state index >= 15 is 0 Å². The monoisotopic (exact) mass is 1430 g/mol. The van der Waals surface area contributed by atoms with Crippen LogP contribution in [0.1, 0.15) is 374 Å². The molecule has 98 heavy (non-hydrogen) atoms. The minimum absolute atomic E-state index is 0.0917. The second-order valence-corrected chi connectivity index (χ2v) is 29.9. The molecule has 0 radical (unpaired) electrons. The van der Waals surface area contributed by atoms with E-state index in [9.17, 15) is 43.2 Å². The second-order valence-electron chi connectivity index (χ2n) is 27.0. The molecule has 19 heteroatoms. The Morgan fingerprint density at radius 1 is 0.286 bits per heavy atom. The largest absolute Gasteiger partial charge is 0.472 e. The molecule has 0 spiro atoms. The number of carbonyl (C=O) groups excluding carboxylic acids is 4. The average Bonchev–Trinajstić information content (AvgIpc) is 1.04. The van der Waals surface area contributed by atoms with Crippen molar-refractivity contribution in [2.75, 3.05) is 39.6 Å². The SMILES string of the molecule is CCCCCC=CCC=CCCCCCCCC(=O)OC[C@H](COP(=O)(O)OCC(O)COP(=O)(O)OC[C@@H](COC(=O)CCCCCCCC=CCCCCCCCC)OC(=O)CCCCCCCCCCCCCCC)OC(=O)CCCCCCCCCC=CCCCCCC. The molecular weight excluding hydrogens is 1280 g/mol. The van der Waals surface area contributed by atoms with Gasteiger partial charge in [0, 0.05) is 25.7 Å². The van der Waals surface area contributed by atoms with Crippen LogP contribution in [0.5, 0.6) is 0 Å². The van der Waals surface area contributed by atoms with Crippen molar-refractivity contribution in [1.82, 2.24) is 0 Å². The van der Waals surface area contributed by atoms with E-state index < -0.39 is 97.5 Å². The second kappa shape index (κ2) is 72.4. The quantitative estimate of drug-likeness (QED) is 0.0169. The van der Waals surface area contributed by atoms with Crippen LogP contribution in [0.4, 0.5) is 0 Å². The first-order valence-electron chi connectivity index (χ1n) is 39.9. The number of esters is 4. The summed E-state index contributed by atoms with van der Waals surface area (Å²) in [6.07, 6.45) is 69.4. The molecule has 0 saturated carbocycles. The van der Waals surface area contributed by atoms with E-state index in [4.69, 9.17) is 37.0 Å². The first-order chi connectivity index (χ1) is 47.7. The highest BCUT2D eigenvalue weighted by atomic mass is 31.2. The van der Waals surface area contributed by atoms with E-state index in [0.717, 1.165) is 161 Å². The van der Waals surface area contributed by atoms with Crippen LogP contribution >= 0.6 is 15.6 Å². The number of unbranched alkanes of at least 4 members (excludes halogenated alkanes) is 42. The Bertz CT molecular complexity index is 2050. The zero-order valence-corrected chi connectivity index (χ0v) is 64.5. The first-order valence-corrected chi connectivity index (χ1v) is 42.9. The third-order valence-electron chi connectivity index (χ3n) is 17.3. The molecule has 0 amide bonds. The van der Waals surface area contributed by atoms with Crippen molar-refractivity contribution < 1.29 is 80.2 Å². The minimum atomic E-state index is -4.97. The Balaban J connectivity index is 5.32. The number of phosphoric acid groups is 2. The van der Waals surface area contributed by atoms with Crippen LogP contribution < -0.4 is 0 Å². The summed E-state index contributed by atoms with van der Waals surface area (Å²) in [5, 5.41) is 10.6. The Kier molecular flexibility index (Phi) is 70.2. The number of carbonyl (C=O) groups is 4. The van der Waals surface area contributed by atoms with Crippen molar-refractivity contribution in [3.63, 3.8) is 0 Å². The Labute approximate surface area is 597 Å². The molecule has 0 aliphatic heterocycles. The Morgan fingerprint density at radius 3 is 0.796 bits per heavy atom. The number of rotatable bonds is 76. The molecule has 17 nitrogen and oxygen atoms in total. The zero-order valence-electron chi connectivity index (χ0n) is 62.7. The number of phosphoric ester groups is 2. The molecule has 0 aromatic heterocycles. The average molecular weight is 1430 g/mol. The first kappa shape index (κ1) is 95.0. The molecule has 0 aliphatic rings. The van der Waals surface area contributed by atoms with Crippen LogP contribution in [-0.4, -0.2) is 96.7 Å². The van der Waals surface area contributed by atoms with Gasteiger partial charge in [0.1, 0.15) is 19.3 Å². The normalized spacial score (nSPS) is 14.2. The summed E-state index contributed by atoms with van der Waals surface area (Å²) in [5.41, 5.74) is 0. The summed E-state index contributed by atoms with van der Waals surface area (Å²) < 4.78 is 68.6. The number of hydrogen-bond acceptors (Lipinski definition) is 15. The van der Waals surface area contributed by atoms with Gasteiger partial charge in [-0.3, -0.25) is 37.3 Å². The lowest BCUT2D eigenvalue weighted by Crippen LogP contribution is -2.30. The minimum Gasteiger partial charge on any atom is -0.462 e. The van der Waals surface area contributed by atoms with Crippen molar-refractivity contribution in [3.05, 3.63) is 48.6 Å². The van der Waals surface area contributed by atoms with E-state index in [2.05, 4.69) is 76.3 Å².